The van der Waals surface area contributed by atoms with E-state index in [1.54, 1.807) is 18.3 Å². The predicted molar refractivity (Wildman–Crippen MR) is 295 cm³/mol. The molecule has 4 aromatic carbocycles. The molecule has 406 valence electrons. The third-order valence-electron chi connectivity index (χ3n) is 13.6. The summed E-state index contributed by atoms with van der Waals surface area (Å²) in [6, 6.07) is 28.3. The molecular weight excluding hydrogens is 987 g/mol. The Morgan fingerprint density at radius 3 is 1.78 bits per heavy atom. The molecule has 0 aliphatic heterocycles. The van der Waals surface area contributed by atoms with E-state index in [2.05, 4.69) is 28.7 Å². The van der Waals surface area contributed by atoms with Crippen molar-refractivity contribution in [2.45, 2.75) is 109 Å². The predicted octanol–water partition coefficient (Wildman–Crippen LogP) is 12.5. The van der Waals surface area contributed by atoms with Crippen molar-refractivity contribution < 1.29 is 57.4 Å². The number of fused-ring (bicyclic) bond motifs is 1. The number of aliphatic hydroxyl groups is 1. The van der Waals surface area contributed by atoms with Crippen molar-refractivity contribution in [1.29, 1.82) is 0 Å². The van der Waals surface area contributed by atoms with Crippen LogP contribution in [0.25, 0.3) is 10.2 Å². The topological polar surface area (TPSA) is 183 Å². The molecule has 0 spiro atoms. The molecule has 15 nitrogen and oxygen atoms in total. The number of hydrazone groups is 1. The first-order chi connectivity index (χ1) is 37.2. The molecule has 2 aliphatic rings. The number of aromatic nitrogens is 1. The maximum atomic E-state index is 13.2. The van der Waals surface area contributed by atoms with Gasteiger partial charge in [-0.1, -0.05) is 36.6 Å². The van der Waals surface area contributed by atoms with Gasteiger partial charge in [-0.2, -0.15) is 5.10 Å². The lowest BCUT2D eigenvalue weighted by molar-refractivity contribution is -0.140. The Labute approximate surface area is 450 Å². The monoisotopic (exact) mass is 1060 g/mol. The summed E-state index contributed by atoms with van der Waals surface area (Å²) in [7, 11) is 0. The highest BCUT2D eigenvalue weighted by molar-refractivity contribution is 7.22. The Morgan fingerprint density at radius 1 is 0.632 bits per heavy atom. The number of rotatable bonds is 32. The van der Waals surface area contributed by atoms with Crippen molar-refractivity contribution in [3.8, 4) is 34.5 Å². The number of esters is 3. The van der Waals surface area contributed by atoms with Gasteiger partial charge in [-0.25, -0.2) is 14.6 Å². The third kappa shape index (κ3) is 19.3. The molecule has 1 atom stereocenters. The van der Waals surface area contributed by atoms with E-state index in [0.29, 0.717) is 73.7 Å². The highest BCUT2D eigenvalue weighted by atomic mass is 32.1. The number of para-hydroxylation sites is 1. The third-order valence-corrected chi connectivity index (χ3v) is 14.6. The minimum atomic E-state index is -0.907. The van der Waals surface area contributed by atoms with E-state index in [9.17, 15) is 19.5 Å². The molecule has 0 bridgehead atoms. The molecule has 2 fully saturated rings. The summed E-state index contributed by atoms with van der Waals surface area (Å²) in [5.41, 5.74) is 4.77. The highest BCUT2D eigenvalue weighted by Gasteiger charge is 2.30. The van der Waals surface area contributed by atoms with Crippen LogP contribution >= 0.6 is 11.3 Å². The molecule has 2 saturated carbocycles. The summed E-state index contributed by atoms with van der Waals surface area (Å²) in [6.07, 6.45) is 17.0. The van der Waals surface area contributed by atoms with Gasteiger partial charge in [0.25, 0.3) is 0 Å². The summed E-state index contributed by atoms with van der Waals surface area (Å²) in [5.74, 6) is 3.41. The van der Waals surface area contributed by atoms with Crippen molar-refractivity contribution >= 4 is 50.8 Å². The maximum absolute atomic E-state index is 13.2. The molecule has 5 aromatic rings. The lowest BCUT2D eigenvalue weighted by atomic mass is 9.82. The van der Waals surface area contributed by atoms with Crippen molar-refractivity contribution in [3.05, 3.63) is 122 Å². The van der Waals surface area contributed by atoms with Gasteiger partial charge in [0, 0.05) is 23.6 Å². The van der Waals surface area contributed by atoms with Crippen molar-refractivity contribution in [2.24, 2.45) is 28.8 Å². The van der Waals surface area contributed by atoms with Crippen LogP contribution in [0.1, 0.15) is 108 Å². The smallest absolute Gasteiger partial charge is 0.330 e. The first kappa shape index (κ1) is 56.8. The van der Waals surface area contributed by atoms with Crippen LogP contribution in [0, 0.1) is 23.7 Å². The number of hydrogen-bond donors (Lipinski definition) is 2. The van der Waals surface area contributed by atoms with Gasteiger partial charge in [0.15, 0.2) is 6.29 Å². The maximum Gasteiger partial charge on any atom is 0.330 e. The van der Waals surface area contributed by atoms with Crippen molar-refractivity contribution in [1.82, 2.24) is 4.98 Å². The minimum absolute atomic E-state index is 0.0197. The van der Waals surface area contributed by atoms with E-state index in [1.807, 2.05) is 78.9 Å². The number of carbonyl (C=O) groups excluding carboxylic acids is 3. The number of aliphatic hydroxyl groups excluding tert-OH is 1. The first-order valence-corrected chi connectivity index (χ1v) is 27.7. The highest BCUT2D eigenvalue weighted by Crippen LogP contribution is 2.35. The van der Waals surface area contributed by atoms with Crippen LogP contribution in [0.15, 0.2) is 121 Å². The molecule has 1 heterocycles. The molecule has 2 N–H and O–H groups in total. The molecule has 7 rings (SSSR count). The second-order valence-electron chi connectivity index (χ2n) is 19.3. The number of nitrogens with zero attached hydrogens (tertiary/aromatic N) is 2. The number of ether oxygens (including phenoxy) is 8. The molecule has 0 radical (unpaired) electrons. The van der Waals surface area contributed by atoms with E-state index in [1.165, 1.54) is 23.5 Å². The lowest BCUT2D eigenvalue weighted by Gasteiger charge is -2.31. The van der Waals surface area contributed by atoms with Crippen LogP contribution in [0.2, 0.25) is 0 Å². The number of anilines is 1. The number of unbranched alkanes of at least 4 members (excludes halogenated alkanes) is 6. The Kier molecular flexibility index (Phi) is 23.3. The van der Waals surface area contributed by atoms with E-state index in [4.69, 9.17) is 37.9 Å². The van der Waals surface area contributed by atoms with Gasteiger partial charge < -0.3 is 43.0 Å². The SMILES string of the molecule is C=CC(=O)OCCCCCCOc1ccc(OC(=O)C2CCC(COc3ccc(OCC4CCC(C(O)Oc5ccc(OCCCCCCOC(=O)C=C)cc5)CC4)cc3/C=N/Nc3nc4ccccc4s3)CC2)cc1. The fourth-order valence-electron chi connectivity index (χ4n) is 9.16. The summed E-state index contributed by atoms with van der Waals surface area (Å²) in [4.78, 5) is 40.1. The van der Waals surface area contributed by atoms with E-state index in [0.717, 1.165) is 130 Å². The van der Waals surface area contributed by atoms with Gasteiger partial charge in [0.05, 0.1) is 62.0 Å². The van der Waals surface area contributed by atoms with E-state index >= 15 is 0 Å². The summed E-state index contributed by atoms with van der Waals surface area (Å²) in [6.45, 7) is 9.81. The lowest BCUT2D eigenvalue weighted by Crippen LogP contribution is -2.31. The number of benzene rings is 4. The molecule has 16 heteroatoms. The van der Waals surface area contributed by atoms with Gasteiger partial charge in [-0.3, -0.25) is 10.2 Å². The van der Waals surface area contributed by atoms with Gasteiger partial charge in [0.1, 0.15) is 34.5 Å². The van der Waals surface area contributed by atoms with Crippen LogP contribution in [0.3, 0.4) is 0 Å². The number of hydrogen-bond acceptors (Lipinski definition) is 16. The fraction of sp³-hybridized carbons (Fsp3) is 0.450. The minimum Gasteiger partial charge on any atom is -0.494 e. The largest absolute Gasteiger partial charge is 0.494 e. The standard InChI is InChI=1S/C60H73N3O12S/c1-3-56(64)70-37-13-7-5-11-35-68-48-25-29-50(30-26-48)74-58(66)45-21-17-43(18-22-45)41-72-52-33-34-54(47(39-52)40-61-63-60-62-53-15-9-10-16-55(53)76-60)73-42-44-19-23-46(24-20-44)59(67)75-51-31-27-49(28-32-51)69-36-12-6-8-14-38-71-57(65)4-2/h3-4,9-10,15-16,25-34,39-40,43-46,58,66H,1-2,5-8,11-14,17-24,35-38,41-42H2,(H,62,63)/b61-40+. The number of thiazole rings is 1. The average molecular weight is 1060 g/mol. The molecule has 76 heavy (non-hydrogen) atoms. The van der Waals surface area contributed by atoms with E-state index < -0.39 is 12.3 Å². The van der Waals surface area contributed by atoms with Crippen LogP contribution in [-0.2, 0) is 23.9 Å². The van der Waals surface area contributed by atoms with Crippen molar-refractivity contribution in [3.63, 3.8) is 0 Å². The summed E-state index contributed by atoms with van der Waals surface area (Å²) in [5, 5.41) is 16.3. The Balaban J connectivity index is 0.820. The van der Waals surface area contributed by atoms with Gasteiger partial charge in [-0.15, -0.1) is 0 Å². The Morgan fingerprint density at radius 2 is 1.17 bits per heavy atom. The molecule has 2 aliphatic carbocycles. The first-order valence-electron chi connectivity index (χ1n) is 26.9. The van der Waals surface area contributed by atoms with Crippen LogP contribution < -0.4 is 33.8 Å². The zero-order valence-corrected chi connectivity index (χ0v) is 44.3. The van der Waals surface area contributed by atoms with Crippen LogP contribution in [-0.4, -0.2) is 80.1 Å². The Bertz CT molecular complexity index is 2570. The second kappa shape index (κ2) is 31.2. The zero-order valence-electron chi connectivity index (χ0n) is 43.5. The molecule has 0 amide bonds. The van der Waals surface area contributed by atoms with Crippen LogP contribution in [0.4, 0.5) is 5.13 Å². The van der Waals surface area contributed by atoms with Crippen LogP contribution in [0.5, 0.6) is 34.5 Å². The fourth-order valence-corrected chi connectivity index (χ4v) is 9.98. The van der Waals surface area contributed by atoms with Gasteiger partial charge >= 0.3 is 17.9 Å². The quantitative estimate of drug-likeness (QED) is 0.00789. The molecule has 1 aromatic heterocycles. The molecule has 0 saturated heterocycles. The number of carbonyl (C=O) groups is 3. The second-order valence-corrected chi connectivity index (χ2v) is 20.3. The Hall–Kier alpha value is -6.91. The van der Waals surface area contributed by atoms with Crippen molar-refractivity contribution in [2.75, 3.05) is 45.1 Å². The molecule has 1 unspecified atom stereocenters. The summed E-state index contributed by atoms with van der Waals surface area (Å²) < 4.78 is 47.4. The zero-order chi connectivity index (χ0) is 53.2. The van der Waals surface area contributed by atoms with Gasteiger partial charge in [0.2, 0.25) is 5.13 Å². The average Bonchev–Trinajstić information content (AvgIpc) is 3.87. The normalized spacial score (nSPS) is 17.8. The summed E-state index contributed by atoms with van der Waals surface area (Å²) >= 11 is 1.53. The van der Waals surface area contributed by atoms with Gasteiger partial charge in [-0.05, 0) is 193 Å². The number of nitrogens with one attached hydrogen (secondary N) is 1. The van der Waals surface area contributed by atoms with E-state index in [-0.39, 0.29) is 29.7 Å². The molecular formula is C60H73N3O12S.